The van der Waals surface area contributed by atoms with Crippen LogP contribution in [0.15, 0.2) is 22.7 Å². The van der Waals surface area contributed by atoms with Gasteiger partial charge in [-0.15, -0.1) is 0 Å². The number of likely N-dealkylation sites (N-methyl/N-ethyl adjacent to an activating group) is 1. The minimum atomic E-state index is 0.695. The van der Waals surface area contributed by atoms with Crippen molar-refractivity contribution in [3.63, 3.8) is 0 Å². The molecular weight excluding hydrogens is 278 g/mol. The van der Waals surface area contributed by atoms with Crippen molar-refractivity contribution >= 4 is 21.6 Å². The van der Waals surface area contributed by atoms with Crippen LogP contribution in [0, 0.1) is 11.3 Å². The van der Waals surface area contributed by atoms with Crippen LogP contribution < -0.4 is 4.90 Å². The van der Waals surface area contributed by atoms with E-state index in [4.69, 9.17) is 5.26 Å². The highest BCUT2D eigenvalue weighted by atomic mass is 79.9. The van der Waals surface area contributed by atoms with Crippen LogP contribution in [0.3, 0.4) is 0 Å². The van der Waals surface area contributed by atoms with Crippen molar-refractivity contribution < 1.29 is 0 Å². The van der Waals surface area contributed by atoms with Crippen LogP contribution in [0.4, 0.5) is 5.69 Å². The summed E-state index contributed by atoms with van der Waals surface area (Å²) in [6.07, 6.45) is 0. The Morgan fingerprint density at radius 1 is 1.29 bits per heavy atom. The zero-order valence-corrected chi connectivity index (χ0v) is 11.6. The quantitative estimate of drug-likeness (QED) is 0.839. The number of benzene rings is 1. The molecule has 0 radical (unpaired) electrons. The van der Waals surface area contributed by atoms with Gasteiger partial charge in [0.05, 0.1) is 5.56 Å². The van der Waals surface area contributed by atoms with Crippen molar-refractivity contribution in [2.75, 3.05) is 37.6 Å². The maximum absolute atomic E-state index is 8.89. The first-order valence-electron chi connectivity index (χ1n) is 5.91. The third-order valence-corrected chi connectivity index (χ3v) is 3.91. The summed E-state index contributed by atoms with van der Waals surface area (Å²) < 4.78 is 0.885. The number of hydrogen-bond acceptors (Lipinski definition) is 3. The van der Waals surface area contributed by atoms with Gasteiger partial charge >= 0.3 is 0 Å². The van der Waals surface area contributed by atoms with Gasteiger partial charge in [-0.05, 0) is 40.7 Å². The van der Waals surface area contributed by atoms with Gasteiger partial charge in [0.25, 0.3) is 0 Å². The summed E-state index contributed by atoms with van der Waals surface area (Å²) in [5.74, 6) is 0. The molecule has 90 valence electrons. The van der Waals surface area contributed by atoms with E-state index < -0.39 is 0 Å². The minimum Gasteiger partial charge on any atom is -0.369 e. The molecule has 0 N–H and O–H groups in total. The molecule has 0 amide bonds. The SMILES string of the molecule is CCN1CCN(c2ccc(C#N)c(Br)c2)CC1. The molecule has 17 heavy (non-hydrogen) atoms. The molecule has 3 nitrogen and oxygen atoms in total. The third kappa shape index (κ3) is 2.80. The van der Waals surface area contributed by atoms with Gasteiger partial charge in [-0.25, -0.2) is 0 Å². The Bertz CT molecular complexity index is 431. The first-order chi connectivity index (χ1) is 8.24. The maximum atomic E-state index is 8.89. The third-order valence-electron chi connectivity index (χ3n) is 3.26. The second-order valence-corrected chi connectivity index (χ2v) is 5.05. The van der Waals surface area contributed by atoms with Gasteiger partial charge in [0, 0.05) is 36.3 Å². The van der Waals surface area contributed by atoms with E-state index in [-0.39, 0.29) is 0 Å². The highest BCUT2D eigenvalue weighted by Crippen LogP contribution is 2.24. The van der Waals surface area contributed by atoms with Crippen LogP contribution in [0.5, 0.6) is 0 Å². The monoisotopic (exact) mass is 293 g/mol. The molecule has 0 aromatic heterocycles. The Morgan fingerprint density at radius 2 is 2.00 bits per heavy atom. The van der Waals surface area contributed by atoms with Crippen molar-refractivity contribution in [2.24, 2.45) is 0 Å². The number of nitrogens with zero attached hydrogens (tertiary/aromatic N) is 3. The van der Waals surface area contributed by atoms with E-state index in [0.717, 1.165) is 37.2 Å². The van der Waals surface area contributed by atoms with Crippen LogP contribution in [0.1, 0.15) is 12.5 Å². The van der Waals surface area contributed by atoms with E-state index in [1.807, 2.05) is 18.2 Å². The molecule has 4 heteroatoms. The molecule has 0 bridgehead atoms. The summed E-state index contributed by atoms with van der Waals surface area (Å²) in [5.41, 5.74) is 1.90. The van der Waals surface area contributed by atoms with Gasteiger partial charge in [-0.2, -0.15) is 5.26 Å². The van der Waals surface area contributed by atoms with E-state index in [1.54, 1.807) is 0 Å². The van der Waals surface area contributed by atoms with Crippen molar-refractivity contribution in [2.45, 2.75) is 6.92 Å². The Morgan fingerprint density at radius 3 is 2.53 bits per heavy atom. The fourth-order valence-electron chi connectivity index (χ4n) is 2.11. The van der Waals surface area contributed by atoms with Gasteiger partial charge in [0.2, 0.25) is 0 Å². The fourth-order valence-corrected chi connectivity index (χ4v) is 2.57. The molecular formula is C13H16BrN3. The topological polar surface area (TPSA) is 30.3 Å². The molecule has 1 aromatic carbocycles. The molecule has 2 rings (SSSR count). The number of anilines is 1. The fraction of sp³-hybridized carbons (Fsp3) is 0.462. The second kappa shape index (κ2) is 5.52. The summed E-state index contributed by atoms with van der Waals surface area (Å²) in [5, 5.41) is 8.89. The van der Waals surface area contributed by atoms with Crippen molar-refractivity contribution in [1.82, 2.24) is 4.90 Å². The van der Waals surface area contributed by atoms with Gasteiger partial charge in [0.15, 0.2) is 0 Å². The Balaban J connectivity index is 2.09. The second-order valence-electron chi connectivity index (χ2n) is 4.20. The Hall–Kier alpha value is -1.05. The molecule has 1 aliphatic heterocycles. The molecule has 0 unspecified atom stereocenters. The predicted molar refractivity (Wildman–Crippen MR) is 73.2 cm³/mol. The average molecular weight is 294 g/mol. The van der Waals surface area contributed by atoms with E-state index in [9.17, 15) is 0 Å². The minimum absolute atomic E-state index is 0.695. The van der Waals surface area contributed by atoms with Gasteiger partial charge in [-0.3, -0.25) is 0 Å². The van der Waals surface area contributed by atoms with Crippen molar-refractivity contribution in [3.8, 4) is 6.07 Å². The normalized spacial score (nSPS) is 16.9. The Kier molecular flexibility index (Phi) is 4.03. The molecule has 1 fully saturated rings. The summed E-state index contributed by atoms with van der Waals surface area (Å²) >= 11 is 3.44. The first-order valence-corrected chi connectivity index (χ1v) is 6.71. The van der Waals surface area contributed by atoms with E-state index in [1.165, 1.54) is 5.69 Å². The smallest absolute Gasteiger partial charge is 0.100 e. The predicted octanol–water partition coefficient (Wildman–Crippen LogP) is 2.46. The van der Waals surface area contributed by atoms with Gasteiger partial charge < -0.3 is 9.80 Å². The molecule has 0 aliphatic carbocycles. The average Bonchev–Trinajstić information content (AvgIpc) is 2.39. The number of nitriles is 1. The largest absolute Gasteiger partial charge is 0.369 e. The molecule has 1 saturated heterocycles. The molecule has 1 aromatic rings. The maximum Gasteiger partial charge on any atom is 0.100 e. The van der Waals surface area contributed by atoms with Crippen LogP contribution in [-0.2, 0) is 0 Å². The number of hydrogen-bond donors (Lipinski definition) is 0. The zero-order chi connectivity index (χ0) is 12.3. The molecule has 0 spiro atoms. The number of rotatable bonds is 2. The standard InChI is InChI=1S/C13H16BrN3/c1-2-16-5-7-17(8-6-16)12-4-3-11(10-15)13(14)9-12/h3-4,9H,2,5-8H2,1H3. The van der Waals surface area contributed by atoms with E-state index in [2.05, 4.69) is 38.7 Å². The van der Waals surface area contributed by atoms with Crippen LogP contribution in [0.25, 0.3) is 0 Å². The molecule has 0 atom stereocenters. The Labute approximate surface area is 111 Å². The zero-order valence-electron chi connectivity index (χ0n) is 9.99. The van der Waals surface area contributed by atoms with Crippen molar-refractivity contribution in [1.29, 1.82) is 5.26 Å². The molecule has 0 saturated carbocycles. The number of halogens is 1. The van der Waals surface area contributed by atoms with Crippen LogP contribution in [-0.4, -0.2) is 37.6 Å². The van der Waals surface area contributed by atoms with Gasteiger partial charge in [-0.1, -0.05) is 6.92 Å². The summed E-state index contributed by atoms with van der Waals surface area (Å²) in [6, 6.07) is 8.12. The summed E-state index contributed by atoms with van der Waals surface area (Å²) in [7, 11) is 0. The van der Waals surface area contributed by atoms with Crippen molar-refractivity contribution in [3.05, 3.63) is 28.2 Å². The first kappa shape index (κ1) is 12.4. The molecule has 1 aliphatic rings. The highest BCUT2D eigenvalue weighted by molar-refractivity contribution is 9.10. The lowest BCUT2D eigenvalue weighted by Gasteiger charge is -2.35. The lowest BCUT2D eigenvalue weighted by molar-refractivity contribution is 0.271. The van der Waals surface area contributed by atoms with Crippen LogP contribution in [0.2, 0.25) is 0 Å². The molecule has 1 heterocycles. The van der Waals surface area contributed by atoms with Gasteiger partial charge in [0.1, 0.15) is 6.07 Å². The van der Waals surface area contributed by atoms with E-state index >= 15 is 0 Å². The summed E-state index contributed by atoms with van der Waals surface area (Å²) in [4.78, 5) is 4.83. The lowest BCUT2D eigenvalue weighted by atomic mass is 10.2. The highest BCUT2D eigenvalue weighted by Gasteiger charge is 2.16. The van der Waals surface area contributed by atoms with E-state index in [0.29, 0.717) is 5.56 Å². The van der Waals surface area contributed by atoms with Crippen LogP contribution >= 0.6 is 15.9 Å². The number of piperazine rings is 1. The lowest BCUT2D eigenvalue weighted by Crippen LogP contribution is -2.46. The summed E-state index contributed by atoms with van der Waals surface area (Å²) in [6.45, 7) is 7.69.